The van der Waals surface area contributed by atoms with Gasteiger partial charge in [0.15, 0.2) is 5.78 Å². The number of nitrogens with one attached hydrogen (secondary N) is 2. The Morgan fingerprint density at radius 1 is 1.27 bits per heavy atom. The van der Waals surface area contributed by atoms with Crippen LogP contribution in [0.2, 0.25) is 5.02 Å². The molecule has 1 saturated heterocycles. The van der Waals surface area contributed by atoms with Crippen molar-refractivity contribution in [2.45, 2.75) is 17.9 Å². The Labute approximate surface area is 154 Å². The number of hydrogen-bond acceptors (Lipinski definition) is 4. The summed E-state index contributed by atoms with van der Waals surface area (Å²) < 4.78 is 41.0. The summed E-state index contributed by atoms with van der Waals surface area (Å²) >= 11 is 6.84. The van der Waals surface area contributed by atoms with Crippen LogP contribution in [0.15, 0.2) is 41.8 Å². The lowest BCUT2D eigenvalue weighted by atomic mass is 9.78. The number of hydrogen-bond donors (Lipinski definition) is 3. The highest BCUT2D eigenvalue weighted by atomic mass is 35.5. The number of carbonyl (C=O) groups excluding carboxylic acids is 2. The van der Waals surface area contributed by atoms with Crippen molar-refractivity contribution >= 4 is 34.8 Å². The molecule has 5 nitrogen and oxygen atoms in total. The van der Waals surface area contributed by atoms with Crippen molar-refractivity contribution in [3.63, 3.8) is 0 Å². The molecular weight excluding hydrogens is 393 g/mol. The molecule has 0 bridgehead atoms. The molecule has 10 heteroatoms. The molecule has 3 N–H and O–H groups in total. The number of urea groups is 1. The van der Waals surface area contributed by atoms with Gasteiger partial charge in [-0.25, -0.2) is 4.79 Å². The minimum absolute atomic E-state index is 0.0302. The fraction of sp³-hybridized carbons (Fsp3) is 0.250. The summed E-state index contributed by atoms with van der Waals surface area (Å²) in [6, 6.07) is 5.93. The van der Waals surface area contributed by atoms with Gasteiger partial charge in [-0.05, 0) is 29.1 Å². The smallest absolute Gasteiger partial charge is 0.363 e. The minimum Gasteiger partial charge on any atom is -0.363 e. The summed E-state index contributed by atoms with van der Waals surface area (Å²) in [5.74, 6) is -2.99. The lowest BCUT2D eigenvalue weighted by Gasteiger charge is -2.44. The van der Waals surface area contributed by atoms with Gasteiger partial charge in [0.25, 0.3) is 0 Å². The van der Waals surface area contributed by atoms with Gasteiger partial charge < -0.3 is 15.7 Å². The number of ketones is 1. The van der Waals surface area contributed by atoms with Crippen molar-refractivity contribution in [1.82, 2.24) is 10.6 Å². The number of alkyl halides is 3. The van der Waals surface area contributed by atoms with E-state index >= 15 is 0 Å². The first-order valence-corrected chi connectivity index (χ1v) is 8.60. The largest absolute Gasteiger partial charge is 0.437 e. The standard InChI is InChI=1S/C16H12ClF3N2O3S/c17-9-4-1-3-8(7-9)12-11(13(23)10-5-2-6-26-10)15(25,16(18,19)20)22-14(24)21-12/h1-7,11-12,25H,(H2,21,22,24)/t11-,12-,15-/m1/s1. The van der Waals surface area contributed by atoms with Gasteiger partial charge in [-0.15, -0.1) is 11.3 Å². The number of benzene rings is 1. The highest BCUT2D eigenvalue weighted by Gasteiger charge is 2.66. The average molecular weight is 405 g/mol. The second-order valence-corrected chi connectivity index (χ2v) is 7.10. The van der Waals surface area contributed by atoms with Gasteiger partial charge in [-0.3, -0.25) is 4.79 Å². The zero-order chi connectivity index (χ0) is 19.1. The summed E-state index contributed by atoms with van der Waals surface area (Å²) in [5.41, 5.74) is -3.56. The first kappa shape index (κ1) is 18.7. The Bertz CT molecular complexity index is 844. The summed E-state index contributed by atoms with van der Waals surface area (Å²) in [6.45, 7) is 0. The van der Waals surface area contributed by atoms with Crippen LogP contribution >= 0.6 is 22.9 Å². The average Bonchev–Trinajstić information content (AvgIpc) is 3.07. The van der Waals surface area contributed by atoms with Crippen LogP contribution in [0.1, 0.15) is 21.3 Å². The molecule has 1 fully saturated rings. The maximum Gasteiger partial charge on any atom is 0.437 e. The first-order valence-electron chi connectivity index (χ1n) is 7.34. The molecule has 3 atom stereocenters. The Balaban J connectivity index is 2.16. The van der Waals surface area contributed by atoms with E-state index in [1.54, 1.807) is 0 Å². The molecule has 1 aromatic carbocycles. The molecule has 3 rings (SSSR count). The van der Waals surface area contributed by atoms with Gasteiger partial charge in [-0.1, -0.05) is 29.8 Å². The van der Waals surface area contributed by atoms with E-state index < -0.39 is 35.7 Å². The second-order valence-electron chi connectivity index (χ2n) is 5.71. The molecule has 0 saturated carbocycles. The highest BCUT2D eigenvalue weighted by Crippen LogP contribution is 2.44. The van der Waals surface area contributed by atoms with Gasteiger partial charge in [-0.2, -0.15) is 13.2 Å². The van der Waals surface area contributed by atoms with Crippen LogP contribution in [0.3, 0.4) is 0 Å². The highest BCUT2D eigenvalue weighted by molar-refractivity contribution is 7.12. The summed E-state index contributed by atoms with van der Waals surface area (Å²) in [4.78, 5) is 24.7. The van der Waals surface area contributed by atoms with Gasteiger partial charge >= 0.3 is 12.2 Å². The number of amides is 2. The van der Waals surface area contributed by atoms with Crippen molar-refractivity contribution in [3.8, 4) is 0 Å². The monoisotopic (exact) mass is 404 g/mol. The number of carbonyl (C=O) groups is 2. The van der Waals surface area contributed by atoms with Crippen molar-refractivity contribution in [1.29, 1.82) is 0 Å². The molecule has 0 spiro atoms. The second kappa shape index (κ2) is 6.57. The molecule has 26 heavy (non-hydrogen) atoms. The van der Waals surface area contributed by atoms with E-state index in [1.165, 1.54) is 47.1 Å². The molecule has 1 aliphatic rings. The Morgan fingerprint density at radius 3 is 2.58 bits per heavy atom. The molecule has 0 unspecified atom stereocenters. The Morgan fingerprint density at radius 2 is 2.00 bits per heavy atom. The van der Waals surface area contributed by atoms with Gasteiger partial charge in [0.2, 0.25) is 5.72 Å². The third-order valence-electron chi connectivity index (χ3n) is 4.06. The number of Topliss-reactive ketones (excluding diaryl/α,β-unsaturated/α-hetero) is 1. The van der Waals surface area contributed by atoms with Crippen LogP contribution in [0.4, 0.5) is 18.0 Å². The van der Waals surface area contributed by atoms with E-state index in [4.69, 9.17) is 11.6 Å². The normalized spacial score (nSPS) is 26.1. The van der Waals surface area contributed by atoms with E-state index in [0.29, 0.717) is 0 Å². The number of thiophene rings is 1. The van der Waals surface area contributed by atoms with E-state index in [-0.39, 0.29) is 15.5 Å². The van der Waals surface area contributed by atoms with Crippen molar-refractivity contribution in [2.75, 3.05) is 0 Å². The molecular formula is C16H12ClF3N2O3S. The van der Waals surface area contributed by atoms with Gasteiger partial charge in [0.1, 0.15) is 5.92 Å². The van der Waals surface area contributed by atoms with Crippen LogP contribution in [-0.2, 0) is 0 Å². The van der Waals surface area contributed by atoms with E-state index in [0.717, 1.165) is 11.3 Å². The first-order chi connectivity index (χ1) is 12.1. The SMILES string of the molecule is O=C1N[C@H](c2cccc(Cl)c2)[C@H](C(=O)c2cccs2)[C@@](O)(C(F)(F)F)N1. The van der Waals surface area contributed by atoms with Crippen LogP contribution in [0, 0.1) is 5.92 Å². The van der Waals surface area contributed by atoms with Crippen LogP contribution in [-0.4, -0.2) is 28.8 Å². The molecule has 0 aliphatic carbocycles. The van der Waals surface area contributed by atoms with Crippen molar-refractivity contribution in [2.24, 2.45) is 5.92 Å². The fourth-order valence-corrected chi connectivity index (χ4v) is 3.79. The molecule has 1 aromatic heterocycles. The lowest BCUT2D eigenvalue weighted by Crippen LogP contribution is -2.72. The van der Waals surface area contributed by atoms with E-state index in [2.05, 4.69) is 5.32 Å². The fourth-order valence-electron chi connectivity index (χ4n) is 2.89. The third kappa shape index (κ3) is 3.17. The number of halogens is 4. The molecule has 2 aromatic rings. The summed E-state index contributed by atoms with van der Waals surface area (Å²) in [7, 11) is 0. The zero-order valence-corrected chi connectivity index (χ0v) is 14.5. The maximum atomic E-state index is 13.7. The van der Waals surface area contributed by atoms with Gasteiger partial charge in [0.05, 0.1) is 10.9 Å². The Kier molecular flexibility index (Phi) is 4.72. The third-order valence-corrected chi connectivity index (χ3v) is 5.18. The topological polar surface area (TPSA) is 78.4 Å². The number of rotatable bonds is 3. The quantitative estimate of drug-likeness (QED) is 0.685. The molecule has 0 radical (unpaired) electrons. The zero-order valence-electron chi connectivity index (χ0n) is 12.9. The lowest BCUT2D eigenvalue weighted by molar-refractivity contribution is -0.287. The van der Waals surface area contributed by atoms with Crippen LogP contribution in [0.5, 0.6) is 0 Å². The molecule has 2 amide bonds. The maximum absolute atomic E-state index is 13.7. The number of aliphatic hydroxyl groups is 1. The molecule has 1 aliphatic heterocycles. The minimum atomic E-state index is -5.28. The van der Waals surface area contributed by atoms with E-state index in [9.17, 15) is 27.9 Å². The summed E-state index contributed by atoms with van der Waals surface area (Å²) in [6.07, 6.45) is -5.28. The van der Waals surface area contributed by atoms with Crippen molar-refractivity contribution in [3.05, 3.63) is 57.2 Å². The summed E-state index contributed by atoms with van der Waals surface area (Å²) in [5, 5.41) is 15.9. The van der Waals surface area contributed by atoms with Crippen molar-refractivity contribution < 1.29 is 27.9 Å². The van der Waals surface area contributed by atoms with E-state index in [1.807, 2.05) is 0 Å². The molecule has 138 valence electrons. The Hall–Kier alpha value is -2.10. The van der Waals surface area contributed by atoms with Crippen LogP contribution in [0.25, 0.3) is 0 Å². The van der Waals surface area contributed by atoms with Gasteiger partial charge in [0, 0.05) is 5.02 Å². The predicted octanol–water partition coefficient (Wildman–Crippen LogP) is 3.51. The van der Waals surface area contributed by atoms with Crippen LogP contribution < -0.4 is 10.6 Å². The predicted molar refractivity (Wildman–Crippen MR) is 89.0 cm³/mol. The molecule has 2 heterocycles.